The minimum absolute atomic E-state index is 0.287. The van der Waals surface area contributed by atoms with E-state index in [0.29, 0.717) is 22.8 Å². The number of pyridine rings is 1. The topological polar surface area (TPSA) is 115 Å². The van der Waals surface area contributed by atoms with Gasteiger partial charge in [-0.05, 0) is 41.5 Å². The molecule has 0 spiro atoms. The van der Waals surface area contributed by atoms with E-state index in [4.69, 9.17) is 4.55 Å². The van der Waals surface area contributed by atoms with Crippen LogP contribution in [0.1, 0.15) is 11.1 Å². The normalized spacial score (nSPS) is 11.9. The number of para-hydroxylation sites is 1. The molecule has 0 aliphatic carbocycles. The van der Waals surface area contributed by atoms with E-state index in [1.165, 1.54) is 0 Å². The van der Waals surface area contributed by atoms with Gasteiger partial charge in [-0.1, -0.05) is 30.3 Å². The van der Waals surface area contributed by atoms with Crippen molar-refractivity contribution in [1.82, 2.24) is 19.3 Å². The lowest BCUT2D eigenvalue weighted by molar-refractivity contribution is 0.548. The first-order chi connectivity index (χ1) is 14.1. The minimum atomic E-state index is -2.05. The quantitative estimate of drug-likeness (QED) is 0.425. The van der Waals surface area contributed by atoms with Gasteiger partial charge < -0.3 is 5.32 Å². The summed E-state index contributed by atoms with van der Waals surface area (Å²) < 4.78 is 23.8. The van der Waals surface area contributed by atoms with Gasteiger partial charge >= 0.3 is 0 Å². The van der Waals surface area contributed by atoms with Crippen molar-refractivity contribution in [1.29, 1.82) is 5.26 Å². The number of rotatable bonds is 6. The van der Waals surface area contributed by atoms with Crippen LogP contribution in [0, 0.1) is 11.3 Å². The van der Waals surface area contributed by atoms with Crippen LogP contribution in [-0.2, 0) is 17.8 Å². The predicted molar refractivity (Wildman–Crippen MR) is 110 cm³/mol. The maximum Gasteiger partial charge on any atom is 0.247 e. The number of hydrogen-bond donors (Lipinski definition) is 3. The van der Waals surface area contributed by atoms with Gasteiger partial charge in [-0.15, -0.1) is 5.10 Å². The molecule has 0 saturated heterocycles. The average molecular weight is 404 g/mol. The van der Waals surface area contributed by atoms with Crippen LogP contribution in [0.5, 0.6) is 0 Å². The largest absolute Gasteiger partial charge is 0.322 e. The van der Waals surface area contributed by atoms with Crippen LogP contribution in [0.15, 0.2) is 66.9 Å². The maximum absolute atomic E-state index is 10.8. The van der Waals surface area contributed by atoms with E-state index in [-0.39, 0.29) is 6.54 Å². The molecule has 2 aromatic heterocycles. The molecule has 2 heterocycles. The number of aromatic nitrogens is 3. The van der Waals surface area contributed by atoms with E-state index in [9.17, 15) is 9.47 Å². The standard InChI is InChI=1S/C20H16N6O2S/c21-11-16-5-1-2-7-18(16)23-20-24-19-9-8-17(13-26(19)25-20)15-6-3-4-14(10-15)12-22-29(27)28/h1-10,13,22H,12H2,(H,23,25)(H,27,28). The molecule has 9 heteroatoms. The molecular weight excluding hydrogens is 388 g/mol. The molecule has 0 radical (unpaired) electrons. The zero-order valence-electron chi connectivity index (χ0n) is 15.1. The van der Waals surface area contributed by atoms with Gasteiger partial charge in [0.2, 0.25) is 17.2 Å². The second-order valence-corrected chi connectivity index (χ2v) is 7.00. The zero-order valence-corrected chi connectivity index (χ0v) is 15.9. The van der Waals surface area contributed by atoms with E-state index in [1.54, 1.807) is 22.7 Å². The Morgan fingerprint density at radius 3 is 2.79 bits per heavy atom. The first kappa shape index (κ1) is 18.8. The Hall–Kier alpha value is -3.58. The summed E-state index contributed by atoms with van der Waals surface area (Å²) in [6, 6.07) is 20.8. The molecular formula is C20H16N6O2S. The van der Waals surface area contributed by atoms with Gasteiger partial charge in [0.25, 0.3) is 0 Å². The third-order valence-corrected chi connectivity index (χ3v) is 4.68. The summed E-state index contributed by atoms with van der Waals surface area (Å²) in [6.45, 7) is 0.287. The second kappa shape index (κ2) is 8.20. The first-order valence-electron chi connectivity index (χ1n) is 8.68. The summed E-state index contributed by atoms with van der Waals surface area (Å²) in [4.78, 5) is 4.44. The van der Waals surface area contributed by atoms with Crippen molar-refractivity contribution < 1.29 is 8.76 Å². The molecule has 4 aromatic rings. The van der Waals surface area contributed by atoms with Crippen LogP contribution in [0.25, 0.3) is 16.8 Å². The molecule has 0 fully saturated rings. The highest BCUT2D eigenvalue weighted by molar-refractivity contribution is 7.77. The van der Waals surface area contributed by atoms with Crippen LogP contribution >= 0.6 is 0 Å². The molecule has 0 aliphatic heterocycles. The van der Waals surface area contributed by atoms with Gasteiger partial charge in [0.05, 0.1) is 11.3 Å². The molecule has 3 N–H and O–H groups in total. The van der Waals surface area contributed by atoms with Gasteiger partial charge in [-0.2, -0.15) is 10.2 Å². The minimum Gasteiger partial charge on any atom is -0.322 e. The van der Waals surface area contributed by atoms with Gasteiger partial charge in [0.1, 0.15) is 6.07 Å². The van der Waals surface area contributed by atoms with Crippen molar-refractivity contribution in [2.45, 2.75) is 6.54 Å². The Balaban J connectivity index is 1.61. The number of anilines is 2. The van der Waals surface area contributed by atoms with Crippen LogP contribution in [0.3, 0.4) is 0 Å². The highest BCUT2D eigenvalue weighted by Gasteiger charge is 2.08. The fourth-order valence-corrected chi connectivity index (χ4v) is 3.21. The second-order valence-electron chi connectivity index (χ2n) is 6.21. The fraction of sp³-hybridized carbons (Fsp3) is 0.0500. The molecule has 8 nitrogen and oxygen atoms in total. The fourth-order valence-electron chi connectivity index (χ4n) is 2.92. The van der Waals surface area contributed by atoms with Gasteiger partial charge in [-0.3, -0.25) is 4.55 Å². The number of benzene rings is 2. The van der Waals surface area contributed by atoms with Crippen LogP contribution in [0.4, 0.5) is 11.6 Å². The third kappa shape index (κ3) is 4.30. The zero-order chi connectivity index (χ0) is 20.2. The maximum atomic E-state index is 10.8. The predicted octanol–water partition coefficient (Wildman–Crippen LogP) is 3.24. The molecule has 2 aromatic carbocycles. The molecule has 0 amide bonds. The Labute approximate surface area is 169 Å². The van der Waals surface area contributed by atoms with Crippen molar-refractivity contribution >= 4 is 28.5 Å². The SMILES string of the molecule is N#Cc1ccccc1Nc1nc2ccc(-c3cccc(CNS(=O)O)c3)cn2n1. The highest BCUT2D eigenvalue weighted by Crippen LogP contribution is 2.23. The molecule has 1 atom stereocenters. The van der Waals surface area contributed by atoms with E-state index in [0.717, 1.165) is 16.7 Å². The summed E-state index contributed by atoms with van der Waals surface area (Å²) in [5.41, 5.74) is 4.60. The van der Waals surface area contributed by atoms with Crippen molar-refractivity contribution in [3.8, 4) is 17.2 Å². The third-order valence-electron chi connectivity index (χ3n) is 4.29. The van der Waals surface area contributed by atoms with Gasteiger partial charge in [0, 0.05) is 18.3 Å². The lowest BCUT2D eigenvalue weighted by Gasteiger charge is -2.06. The summed E-state index contributed by atoms with van der Waals surface area (Å²) in [5.74, 6) is 0.397. The van der Waals surface area contributed by atoms with Crippen molar-refractivity contribution in [3.63, 3.8) is 0 Å². The van der Waals surface area contributed by atoms with E-state index in [1.807, 2.05) is 48.7 Å². The lowest BCUT2D eigenvalue weighted by Crippen LogP contribution is -2.15. The van der Waals surface area contributed by atoms with Gasteiger partial charge in [0.15, 0.2) is 5.65 Å². The number of nitrogens with one attached hydrogen (secondary N) is 2. The van der Waals surface area contributed by atoms with Crippen molar-refractivity contribution in [2.24, 2.45) is 0 Å². The molecule has 1 unspecified atom stereocenters. The molecule has 144 valence electrons. The smallest absolute Gasteiger partial charge is 0.247 e. The Morgan fingerprint density at radius 2 is 1.97 bits per heavy atom. The molecule has 0 bridgehead atoms. The van der Waals surface area contributed by atoms with E-state index < -0.39 is 11.3 Å². The Morgan fingerprint density at radius 1 is 1.10 bits per heavy atom. The van der Waals surface area contributed by atoms with Crippen LogP contribution in [0.2, 0.25) is 0 Å². The van der Waals surface area contributed by atoms with E-state index in [2.05, 4.69) is 26.2 Å². The van der Waals surface area contributed by atoms with Crippen LogP contribution in [-0.4, -0.2) is 23.4 Å². The Bertz CT molecular complexity index is 1250. The molecule has 4 rings (SSSR count). The molecule has 29 heavy (non-hydrogen) atoms. The number of hydrogen-bond acceptors (Lipinski definition) is 5. The lowest BCUT2D eigenvalue weighted by atomic mass is 10.0. The number of fused-ring (bicyclic) bond motifs is 1. The van der Waals surface area contributed by atoms with Crippen molar-refractivity contribution in [2.75, 3.05) is 5.32 Å². The average Bonchev–Trinajstić information content (AvgIpc) is 3.14. The summed E-state index contributed by atoms with van der Waals surface area (Å²) in [5, 5.41) is 16.8. The molecule has 0 aliphatic rings. The number of nitrogens with zero attached hydrogens (tertiary/aromatic N) is 4. The summed E-state index contributed by atoms with van der Waals surface area (Å²) >= 11 is -2.05. The highest BCUT2D eigenvalue weighted by atomic mass is 32.2. The van der Waals surface area contributed by atoms with E-state index >= 15 is 0 Å². The van der Waals surface area contributed by atoms with Crippen LogP contribution < -0.4 is 10.0 Å². The molecule has 0 saturated carbocycles. The first-order valence-corrected chi connectivity index (χ1v) is 9.79. The Kier molecular flexibility index (Phi) is 5.31. The number of nitriles is 1. The summed E-state index contributed by atoms with van der Waals surface area (Å²) in [7, 11) is 0. The van der Waals surface area contributed by atoms with Crippen molar-refractivity contribution in [3.05, 3.63) is 78.0 Å². The van der Waals surface area contributed by atoms with Gasteiger partial charge in [-0.25, -0.2) is 13.4 Å². The summed E-state index contributed by atoms with van der Waals surface area (Å²) in [6.07, 6.45) is 1.86. The monoisotopic (exact) mass is 404 g/mol.